The van der Waals surface area contributed by atoms with Gasteiger partial charge in [0, 0.05) is 4.47 Å². The van der Waals surface area contributed by atoms with Crippen LogP contribution in [0.15, 0.2) is 46.9 Å². The van der Waals surface area contributed by atoms with E-state index >= 15 is 0 Å². The minimum atomic E-state index is -0.460. The van der Waals surface area contributed by atoms with E-state index in [4.69, 9.17) is 9.47 Å². The van der Waals surface area contributed by atoms with Crippen molar-refractivity contribution in [3.8, 4) is 11.5 Å². The Bertz CT molecular complexity index is 807. The van der Waals surface area contributed by atoms with E-state index in [2.05, 4.69) is 33.7 Å². The van der Waals surface area contributed by atoms with Gasteiger partial charge in [0.15, 0.2) is 13.2 Å². The van der Waals surface area contributed by atoms with Gasteiger partial charge in [-0.05, 0) is 53.8 Å². The Morgan fingerprint density at radius 3 is 2.14 bits per heavy atom. The Morgan fingerprint density at radius 1 is 0.964 bits per heavy atom. The number of nitrogens with one attached hydrogen (secondary N) is 2. The molecule has 0 fully saturated rings. The van der Waals surface area contributed by atoms with E-state index in [1.54, 1.807) is 0 Å². The van der Waals surface area contributed by atoms with Crippen LogP contribution >= 0.6 is 15.9 Å². The summed E-state index contributed by atoms with van der Waals surface area (Å²) in [6, 6.07) is 13.1. The summed E-state index contributed by atoms with van der Waals surface area (Å²) in [6.45, 7) is 5.75. The zero-order valence-electron chi connectivity index (χ0n) is 16.3. The van der Waals surface area contributed by atoms with Crippen LogP contribution in [0.25, 0.3) is 0 Å². The second-order valence-electron chi connectivity index (χ2n) is 6.51. The molecule has 0 aliphatic carbocycles. The predicted molar refractivity (Wildman–Crippen MR) is 111 cm³/mol. The maximum absolute atomic E-state index is 11.9. The molecule has 0 atom stereocenters. The first-order chi connectivity index (χ1) is 13.4. The van der Waals surface area contributed by atoms with Crippen LogP contribution in [-0.4, -0.2) is 25.0 Å². The van der Waals surface area contributed by atoms with Crippen LogP contribution in [0.4, 0.5) is 0 Å². The molecule has 2 aromatic rings. The van der Waals surface area contributed by atoms with Crippen molar-refractivity contribution in [2.24, 2.45) is 0 Å². The highest BCUT2D eigenvalue weighted by molar-refractivity contribution is 9.10. The van der Waals surface area contributed by atoms with Gasteiger partial charge >= 0.3 is 0 Å². The molecule has 0 aliphatic heterocycles. The van der Waals surface area contributed by atoms with E-state index in [1.807, 2.05) is 56.3 Å². The van der Waals surface area contributed by atoms with E-state index in [1.165, 1.54) is 5.56 Å². The first-order valence-electron chi connectivity index (χ1n) is 9.10. The lowest BCUT2D eigenvalue weighted by atomic mass is 10.0. The Balaban J connectivity index is 1.74. The smallest absolute Gasteiger partial charge is 0.276 e. The normalized spacial score (nSPS) is 10.5. The number of carbonyl (C=O) groups is 2. The van der Waals surface area contributed by atoms with Gasteiger partial charge in [-0.15, -0.1) is 0 Å². The van der Waals surface area contributed by atoms with Crippen LogP contribution in [-0.2, 0) is 16.0 Å². The summed E-state index contributed by atoms with van der Waals surface area (Å²) in [7, 11) is 0. The zero-order chi connectivity index (χ0) is 20.5. The van der Waals surface area contributed by atoms with Crippen LogP contribution in [0.2, 0.25) is 0 Å². The highest BCUT2D eigenvalue weighted by Gasteiger charge is 2.11. The average Bonchev–Trinajstić information content (AvgIpc) is 2.70. The van der Waals surface area contributed by atoms with Gasteiger partial charge in [-0.3, -0.25) is 20.4 Å². The maximum Gasteiger partial charge on any atom is 0.276 e. The Hall–Kier alpha value is -2.54. The molecule has 2 N–H and O–H groups in total. The van der Waals surface area contributed by atoms with E-state index < -0.39 is 11.8 Å². The van der Waals surface area contributed by atoms with Crippen molar-refractivity contribution >= 4 is 27.7 Å². The molecule has 2 rings (SSSR count). The fraction of sp³-hybridized carbons (Fsp3) is 0.333. The van der Waals surface area contributed by atoms with E-state index in [0.717, 1.165) is 16.5 Å². The number of rotatable bonds is 8. The minimum Gasteiger partial charge on any atom is -0.484 e. The Kier molecular flexibility index (Phi) is 8.32. The summed E-state index contributed by atoms with van der Waals surface area (Å²) in [5.74, 6) is 0.563. The zero-order valence-corrected chi connectivity index (χ0v) is 17.8. The third kappa shape index (κ3) is 6.88. The molecule has 0 aromatic heterocycles. The molecule has 0 radical (unpaired) electrons. The van der Waals surface area contributed by atoms with Crippen molar-refractivity contribution in [2.45, 2.75) is 33.1 Å². The molecular weight excluding hydrogens is 424 g/mol. The lowest BCUT2D eigenvalue weighted by molar-refractivity contribution is -0.131. The highest BCUT2D eigenvalue weighted by Crippen LogP contribution is 2.29. The van der Waals surface area contributed by atoms with Gasteiger partial charge in [-0.25, -0.2) is 0 Å². The molecule has 0 unspecified atom stereocenters. The molecule has 28 heavy (non-hydrogen) atoms. The number of halogens is 1. The molecular formula is C21H25BrN2O4. The van der Waals surface area contributed by atoms with Gasteiger partial charge in [0.25, 0.3) is 11.8 Å². The fourth-order valence-corrected chi connectivity index (χ4v) is 2.81. The molecule has 0 saturated heterocycles. The number of carbonyl (C=O) groups excluding carboxylic acids is 2. The first kappa shape index (κ1) is 21.8. The summed E-state index contributed by atoms with van der Waals surface area (Å²) in [5.41, 5.74) is 6.81. The maximum atomic E-state index is 11.9. The summed E-state index contributed by atoms with van der Waals surface area (Å²) >= 11 is 3.43. The molecule has 0 heterocycles. The van der Waals surface area contributed by atoms with Gasteiger partial charge in [-0.2, -0.15) is 0 Å². The lowest BCUT2D eigenvalue weighted by Crippen LogP contribution is -2.45. The molecule has 2 aromatic carbocycles. The van der Waals surface area contributed by atoms with E-state index in [0.29, 0.717) is 11.5 Å². The van der Waals surface area contributed by atoms with Crippen molar-refractivity contribution < 1.29 is 19.1 Å². The number of hydrazine groups is 1. The second-order valence-corrected chi connectivity index (χ2v) is 7.42. The predicted octanol–water partition coefficient (Wildman–Crippen LogP) is 3.74. The molecule has 7 heteroatoms. The van der Waals surface area contributed by atoms with Crippen LogP contribution in [0.3, 0.4) is 0 Å². The number of amides is 2. The summed E-state index contributed by atoms with van der Waals surface area (Å²) in [4.78, 5) is 23.7. The lowest BCUT2D eigenvalue weighted by Gasteiger charge is -2.14. The van der Waals surface area contributed by atoms with Gasteiger partial charge in [-0.1, -0.05) is 48.8 Å². The molecule has 0 spiro atoms. The quantitative estimate of drug-likeness (QED) is 0.602. The topological polar surface area (TPSA) is 76.7 Å². The van der Waals surface area contributed by atoms with Gasteiger partial charge < -0.3 is 9.47 Å². The number of hydrogen-bond acceptors (Lipinski definition) is 4. The molecule has 0 saturated carbocycles. The summed E-state index contributed by atoms with van der Waals surface area (Å²) in [6.07, 6.45) is 0.938. The Morgan fingerprint density at radius 2 is 1.57 bits per heavy atom. The number of hydrogen-bond donors (Lipinski definition) is 2. The van der Waals surface area contributed by atoms with Crippen molar-refractivity contribution in [1.29, 1.82) is 0 Å². The largest absolute Gasteiger partial charge is 0.484 e. The number of aryl methyl sites for hydroxylation is 1. The Labute approximate surface area is 173 Å². The standard InChI is InChI=1S/C21H25BrN2O4/c1-4-15-5-8-17(9-6-15)27-12-20(25)23-24-21(26)13-28-19-10-7-16(22)11-18(19)14(2)3/h5-11,14H,4,12-13H2,1-3H3,(H,23,25)(H,24,26). The molecule has 0 aliphatic rings. The average molecular weight is 449 g/mol. The molecule has 150 valence electrons. The van der Waals surface area contributed by atoms with Crippen molar-refractivity contribution in [1.82, 2.24) is 10.9 Å². The fourth-order valence-electron chi connectivity index (χ4n) is 2.43. The van der Waals surface area contributed by atoms with Gasteiger partial charge in [0.1, 0.15) is 11.5 Å². The third-order valence-electron chi connectivity index (χ3n) is 4.00. The number of benzene rings is 2. The van der Waals surface area contributed by atoms with Crippen molar-refractivity contribution in [3.05, 3.63) is 58.1 Å². The van der Waals surface area contributed by atoms with Crippen LogP contribution < -0.4 is 20.3 Å². The van der Waals surface area contributed by atoms with Gasteiger partial charge in [0.05, 0.1) is 0 Å². The minimum absolute atomic E-state index is 0.198. The highest BCUT2D eigenvalue weighted by atomic mass is 79.9. The second kappa shape index (κ2) is 10.7. The van der Waals surface area contributed by atoms with Crippen LogP contribution in [0, 0.1) is 0 Å². The summed E-state index contributed by atoms with van der Waals surface area (Å²) in [5, 5.41) is 0. The molecule has 0 bridgehead atoms. The van der Waals surface area contributed by atoms with Gasteiger partial charge in [0.2, 0.25) is 0 Å². The monoisotopic (exact) mass is 448 g/mol. The van der Waals surface area contributed by atoms with E-state index in [-0.39, 0.29) is 19.1 Å². The van der Waals surface area contributed by atoms with Crippen LogP contribution in [0.1, 0.15) is 37.8 Å². The third-order valence-corrected chi connectivity index (χ3v) is 4.49. The van der Waals surface area contributed by atoms with Crippen LogP contribution in [0.5, 0.6) is 11.5 Å². The number of ether oxygens (including phenoxy) is 2. The first-order valence-corrected chi connectivity index (χ1v) is 9.90. The SMILES string of the molecule is CCc1ccc(OCC(=O)NNC(=O)COc2ccc(Br)cc2C(C)C)cc1. The van der Waals surface area contributed by atoms with Crippen molar-refractivity contribution in [2.75, 3.05) is 13.2 Å². The van der Waals surface area contributed by atoms with E-state index in [9.17, 15) is 9.59 Å². The summed E-state index contributed by atoms with van der Waals surface area (Å²) < 4.78 is 11.9. The molecule has 2 amide bonds. The molecule has 6 nitrogen and oxygen atoms in total. The van der Waals surface area contributed by atoms with Crippen molar-refractivity contribution in [3.63, 3.8) is 0 Å².